The topological polar surface area (TPSA) is 316 Å². The van der Waals surface area contributed by atoms with E-state index in [0.29, 0.717) is 64.5 Å². The molecule has 8 rings (SSSR count). The number of piperazine rings is 1. The number of nitrogens with one attached hydrogen (secondary N) is 3. The molecule has 3 saturated heterocycles. The largest absolute Gasteiger partial charge is 0.514 e. The highest BCUT2D eigenvalue weighted by Gasteiger charge is 2.39. The number of aryl methyl sites for hydroxylation is 1. The maximum Gasteiger partial charge on any atom is 0.514 e. The van der Waals surface area contributed by atoms with Gasteiger partial charge in [0.05, 0.1) is 66.3 Å². The van der Waals surface area contributed by atoms with Crippen molar-refractivity contribution >= 4 is 55.9 Å². The molecule has 0 saturated carbocycles. The molecule has 0 radical (unpaired) electrons. The normalized spacial score (nSPS) is 17.3. The second-order valence-electron chi connectivity index (χ2n) is 22.9. The molecule has 3 fully saturated rings. The van der Waals surface area contributed by atoms with Crippen LogP contribution in [0.5, 0.6) is 5.75 Å². The SMILES string of the molecule is CC(C)CN(C[C@@H](OC(=O)N1CCNCC1)[C@H](Cc1ccccc1)NC(=O)O[C@H]1CCOC1)S(=O)(=O)c1ccc(N)cc1.Cc1ccc(OC(=O)OC(CN(CC(C)C)S(=O)(=O)c2ccc([N+](=O)[O-])cc2)[C@H](Cc2ccccc2)NC(=O)OC2CCOC2)cc1. The number of hydrogen-bond acceptors (Lipinski definition) is 19. The van der Waals surface area contributed by atoms with Gasteiger partial charge in [0.15, 0.2) is 0 Å². The zero-order chi connectivity index (χ0) is 64.8. The molecule has 0 aliphatic carbocycles. The van der Waals surface area contributed by atoms with Crippen molar-refractivity contribution in [2.75, 3.05) is 84.5 Å². The highest BCUT2D eigenvalue weighted by atomic mass is 32.2. The monoisotopic (exact) mass is 1290 g/mol. The highest BCUT2D eigenvalue weighted by Crippen LogP contribution is 2.26. The first-order chi connectivity index (χ1) is 43.0. The van der Waals surface area contributed by atoms with Crippen LogP contribution in [-0.2, 0) is 61.3 Å². The molecule has 27 heteroatoms. The summed E-state index contributed by atoms with van der Waals surface area (Å²) in [7, 11) is -8.29. The Balaban J connectivity index is 0.000000257. The molecule has 5 aromatic rings. The van der Waals surface area contributed by atoms with Crippen molar-refractivity contribution in [2.45, 2.75) is 107 Å². The molecule has 3 amide bonds. The number of benzene rings is 5. The summed E-state index contributed by atoms with van der Waals surface area (Å²) in [5.74, 6) is 0.00175. The van der Waals surface area contributed by atoms with Gasteiger partial charge in [0.2, 0.25) is 20.0 Å². The molecule has 3 aliphatic heterocycles. The van der Waals surface area contributed by atoms with Crippen LogP contribution in [0.4, 0.5) is 30.6 Å². The van der Waals surface area contributed by atoms with E-state index in [0.717, 1.165) is 45.3 Å². The molecule has 3 aliphatic rings. The number of anilines is 1. The smallest absolute Gasteiger partial charge is 0.444 e. The lowest BCUT2D eigenvalue weighted by atomic mass is 10.0. The Bertz CT molecular complexity index is 3320. The second kappa shape index (κ2) is 33.8. The number of nitrogen functional groups attached to an aromatic ring is 1. The zero-order valence-corrected chi connectivity index (χ0v) is 52.9. The van der Waals surface area contributed by atoms with Crippen molar-refractivity contribution in [1.82, 2.24) is 29.5 Å². The lowest BCUT2D eigenvalue weighted by Gasteiger charge is -2.35. The van der Waals surface area contributed by atoms with E-state index in [1.807, 2.05) is 95.3 Å². The molecule has 0 aromatic heterocycles. The average molecular weight is 1290 g/mol. The van der Waals surface area contributed by atoms with Crippen molar-refractivity contribution in [3.05, 3.63) is 160 Å². The molecule has 5 aromatic carbocycles. The fourth-order valence-electron chi connectivity index (χ4n) is 10.0. The Hall–Kier alpha value is -7.92. The Kier molecular flexibility index (Phi) is 26.1. The molecular formula is C63H82N8O17S2. The lowest BCUT2D eigenvalue weighted by molar-refractivity contribution is -0.384. The first-order valence-corrected chi connectivity index (χ1v) is 32.8. The first-order valence-electron chi connectivity index (χ1n) is 29.9. The van der Waals surface area contributed by atoms with Gasteiger partial charge in [-0.3, -0.25) is 10.1 Å². The Labute approximate surface area is 526 Å². The third-order valence-corrected chi connectivity index (χ3v) is 18.3. The zero-order valence-electron chi connectivity index (χ0n) is 51.3. The number of nitro benzene ring substituents is 1. The number of hydrogen-bond donors (Lipinski definition) is 4. The van der Waals surface area contributed by atoms with E-state index in [4.69, 9.17) is 38.9 Å². The molecule has 0 spiro atoms. The number of rotatable bonds is 26. The standard InChI is InChI=1S/C33H39N3O10S.C30H43N5O7S/c1-23(2)20-35(47(41,42)29-15-11-26(12-16-29)36(39)40)21-31(46-33(38)45-27-13-9-24(3)10-14-27)30(19-25-7-5-4-6-8-25)34-32(37)44-28-17-18-43-22-28;1-22(2)19-35(43(38,39)26-10-8-24(31)9-11-26)20-28(42-30(37)34-15-13-32-14-16-34)27(18-23-6-4-3-5-7-23)33-29(36)41-25-12-17-40-21-25/h4-16,23,28,30-31H,17-22H2,1-3H3,(H,34,37);3-11,22,25,27-28,32H,12-21,31H2,1-2H3,(H,33,36)/t28?,30-,31?;25-,27-,28+/m00/s1. The van der Waals surface area contributed by atoms with Crippen LogP contribution in [0, 0.1) is 28.9 Å². The maximum absolute atomic E-state index is 14.0. The molecule has 6 atom stereocenters. The molecule has 5 N–H and O–H groups in total. The fraction of sp³-hybridized carbons (Fsp3) is 0.460. The van der Waals surface area contributed by atoms with E-state index in [-0.39, 0.29) is 84.8 Å². The number of ether oxygens (including phenoxy) is 7. The molecular weight excluding hydrogens is 1200 g/mol. The molecule has 0 bridgehead atoms. The first kappa shape index (κ1) is 69.6. The van der Waals surface area contributed by atoms with Gasteiger partial charge in [-0.1, -0.05) is 106 Å². The fourth-order valence-corrected chi connectivity index (χ4v) is 13.2. The van der Waals surface area contributed by atoms with E-state index < -0.39 is 79.8 Å². The van der Waals surface area contributed by atoms with Crippen LogP contribution >= 0.6 is 0 Å². The molecule has 3 heterocycles. The van der Waals surface area contributed by atoms with Crippen molar-refractivity contribution in [2.24, 2.45) is 11.8 Å². The van der Waals surface area contributed by atoms with Gasteiger partial charge >= 0.3 is 24.4 Å². The summed E-state index contributed by atoms with van der Waals surface area (Å²) in [4.78, 5) is 64.9. The van der Waals surface area contributed by atoms with Crippen LogP contribution in [0.2, 0.25) is 0 Å². The molecule has 90 heavy (non-hydrogen) atoms. The van der Waals surface area contributed by atoms with E-state index in [9.17, 15) is 46.1 Å². The number of sulfonamides is 2. The van der Waals surface area contributed by atoms with E-state index in [2.05, 4.69) is 16.0 Å². The predicted molar refractivity (Wildman–Crippen MR) is 333 cm³/mol. The minimum atomic E-state index is -4.27. The third-order valence-electron chi connectivity index (χ3n) is 14.6. The molecule has 25 nitrogen and oxygen atoms in total. The number of nitro groups is 1. The van der Waals surface area contributed by atoms with Crippen LogP contribution in [-0.4, -0.2) is 175 Å². The summed E-state index contributed by atoms with van der Waals surface area (Å²) in [6.45, 7) is 12.6. The van der Waals surface area contributed by atoms with Gasteiger partial charge in [-0.25, -0.2) is 36.0 Å². The van der Waals surface area contributed by atoms with Crippen molar-refractivity contribution in [3.8, 4) is 5.75 Å². The lowest BCUT2D eigenvalue weighted by Crippen LogP contribution is -2.55. The average Bonchev–Trinajstić information content (AvgIpc) is 2.56. The van der Waals surface area contributed by atoms with Crippen LogP contribution in [0.25, 0.3) is 0 Å². The van der Waals surface area contributed by atoms with Gasteiger partial charge < -0.3 is 59.7 Å². The number of carbonyl (C=O) groups excluding carboxylic acids is 4. The van der Waals surface area contributed by atoms with Gasteiger partial charge in [-0.15, -0.1) is 0 Å². The molecule has 488 valence electrons. The summed E-state index contributed by atoms with van der Waals surface area (Å²) in [6.07, 6.45) is -4.78. The molecule has 2 unspecified atom stereocenters. The Morgan fingerprint density at radius 2 is 1.09 bits per heavy atom. The third kappa shape index (κ3) is 21.7. The van der Waals surface area contributed by atoms with E-state index in [1.165, 1.54) is 28.6 Å². The van der Waals surface area contributed by atoms with Crippen LogP contribution in [0.1, 0.15) is 57.2 Å². The van der Waals surface area contributed by atoms with Crippen molar-refractivity contribution in [1.29, 1.82) is 0 Å². The van der Waals surface area contributed by atoms with Crippen molar-refractivity contribution < 1.29 is 74.1 Å². The van der Waals surface area contributed by atoms with Crippen molar-refractivity contribution in [3.63, 3.8) is 0 Å². The van der Waals surface area contributed by atoms with Crippen LogP contribution in [0.15, 0.2) is 143 Å². The minimum absolute atomic E-state index is 0.00804. The minimum Gasteiger partial charge on any atom is -0.444 e. The van der Waals surface area contributed by atoms with Crippen LogP contribution in [0.3, 0.4) is 0 Å². The van der Waals surface area contributed by atoms with Gasteiger partial charge in [0.1, 0.15) is 30.2 Å². The number of non-ortho nitro benzene ring substituents is 1. The number of alkyl carbamates (subject to hydrolysis) is 2. The summed E-state index contributed by atoms with van der Waals surface area (Å²) in [5, 5.41) is 20.1. The Morgan fingerprint density at radius 1 is 0.644 bits per heavy atom. The van der Waals surface area contributed by atoms with E-state index in [1.54, 1.807) is 29.2 Å². The summed E-state index contributed by atoms with van der Waals surface area (Å²) in [5.41, 5.74) is 8.58. The number of nitrogens with zero attached hydrogens (tertiary/aromatic N) is 4. The van der Waals surface area contributed by atoms with Gasteiger partial charge in [0, 0.05) is 69.9 Å². The highest BCUT2D eigenvalue weighted by molar-refractivity contribution is 7.89. The van der Waals surface area contributed by atoms with Gasteiger partial charge in [-0.05, 0) is 91.3 Å². The summed E-state index contributed by atoms with van der Waals surface area (Å²) >= 11 is 0. The Morgan fingerprint density at radius 3 is 1.51 bits per heavy atom. The predicted octanol–water partition coefficient (Wildman–Crippen LogP) is 7.71. The number of nitrogens with two attached hydrogens (primary N) is 1. The van der Waals surface area contributed by atoms with Crippen LogP contribution < -0.4 is 26.4 Å². The van der Waals surface area contributed by atoms with Gasteiger partial charge in [-0.2, -0.15) is 8.61 Å². The number of amides is 3. The quantitative estimate of drug-likeness (QED) is 0.0103. The van der Waals surface area contributed by atoms with E-state index >= 15 is 0 Å². The maximum atomic E-state index is 14.0. The second-order valence-corrected chi connectivity index (χ2v) is 26.8. The number of carbonyl (C=O) groups is 4. The van der Waals surface area contributed by atoms with Gasteiger partial charge in [0.25, 0.3) is 5.69 Å². The summed E-state index contributed by atoms with van der Waals surface area (Å²) in [6, 6.07) is 34.0. The summed E-state index contributed by atoms with van der Waals surface area (Å²) < 4.78 is 97.4.